The molecule has 0 aliphatic heterocycles. The first-order chi connectivity index (χ1) is 8.56. The molecule has 0 fully saturated rings. The van der Waals surface area contributed by atoms with Gasteiger partial charge in [0.2, 0.25) is 0 Å². The van der Waals surface area contributed by atoms with E-state index in [0.29, 0.717) is 11.3 Å². The van der Waals surface area contributed by atoms with Crippen molar-refractivity contribution in [3.63, 3.8) is 0 Å². The number of hydrogen-bond acceptors (Lipinski definition) is 2. The highest BCUT2D eigenvalue weighted by atomic mass is 79.9. The number of hydrogen-bond donors (Lipinski definition) is 1. The standard InChI is InChI=1S/C12H7Br3N2O/c13-8-1-2-10(15)11(4-8)17-12(18)7-3-9(14)6-16-5-7/h1-6H,(H,17,18). The highest BCUT2D eigenvalue weighted by molar-refractivity contribution is 9.11. The minimum absolute atomic E-state index is 0.206. The quantitative estimate of drug-likeness (QED) is 0.749. The topological polar surface area (TPSA) is 42.0 Å². The van der Waals surface area contributed by atoms with Gasteiger partial charge in [0, 0.05) is 25.8 Å². The maximum absolute atomic E-state index is 12.0. The summed E-state index contributed by atoms with van der Waals surface area (Å²) in [5, 5.41) is 2.82. The SMILES string of the molecule is O=C(Nc1cc(Br)ccc1Br)c1cncc(Br)c1. The van der Waals surface area contributed by atoms with Crippen molar-refractivity contribution in [1.82, 2.24) is 4.98 Å². The molecule has 0 radical (unpaired) electrons. The Morgan fingerprint density at radius 3 is 2.56 bits per heavy atom. The van der Waals surface area contributed by atoms with Gasteiger partial charge >= 0.3 is 0 Å². The lowest BCUT2D eigenvalue weighted by Gasteiger charge is -2.08. The lowest BCUT2D eigenvalue weighted by atomic mass is 10.2. The second-order valence-corrected chi connectivity index (χ2v) is 6.16. The van der Waals surface area contributed by atoms with Gasteiger partial charge in [-0.15, -0.1) is 0 Å². The Balaban J connectivity index is 2.24. The molecule has 3 nitrogen and oxygen atoms in total. The van der Waals surface area contributed by atoms with E-state index in [9.17, 15) is 4.79 Å². The normalized spacial score (nSPS) is 10.2. The first kappa shape index (κ1) is 13.7. The lowest BCUT2D eigenvalue weighted by molar-refractivity contribution is 0.102. The van der Waals surface area contributed by atoms with Crippen LogP contribution in [-0.4, -0.2) is 10.9 Å². The number of nitrogens with one attached hydrogen (secondary N) is 1. The zero-order valence-electron chi connectivity index (χ0n) is 8.95. The third-order valence-corrected chi connectivity index (χ3v) is 3.76. The summed E-state index contributed by atoms with van der Waals surface area (Å²) >= 11 is 10.0. The summed E-state index contributed by atoms with van der Waals surface area (Å²) in [7, 11) is 0. The van der Waals surface area contributed by atoms with Gasteiger partial charge in [-0.3, -0.25) is 9.78 Å². The predicted octanol–water partition coefficient (Wildman–Crippen LogP) is 4.62. The van der Waals surface area contributed by atoms with E-state index in [1.165, 1.54) is 6.20 Å². The van der Waals surface area contributed by atoms with Crippen molar-refractivity contribution in [2.75, 3.05) is 5.32 Å². The van der Waals surface area contributed by atoms with Gasteiger partial charge in [0.15, 0.2) is 0 Å². The Labute approximate surface area is 129 Å². The van der Waals surface area contributed by atoms with E-state index in [0.717, 1.165) is 13.4 Å². The maximum Gasteiger partial charge on any atom is 0.257 e. The third-order valence-electron chi connectivity index (χ3n) is 2.14. The van der Waals surface area contributed by atoms with Crippen LogP contribution in [-0.2, 0) is 0 Å². The Morgan fingerprint density at radius 1 is 1.06 bits per heavy atom. The molecule has 0 aliphatic rings. The number of halogens is 3. The largest absolute Gasteiger partial charge is 0.321 e. The van der Waals surface area contributed by atoms with Crippen LogP contribution in [0.5, 0.6) is 0 Å². The highest BCUT2D eigenvalue weighted by Crippen LogP contribution is 2.26. The van der Waals surface area contributed by atoms with Crippen LogP contribution in [0.2, 0.25) is 0 Å². The van der Waals surface area contributed by atoms with Crippen LogP contribution < -0.4 is 5.32 Å². The number of aromatic nitrogens is 1. The molecule has 1 amide bonds. The van der Waals surface area contributed by atoms with E-state index in [4.69, 9.17) is 0 Å². The van der Waals surface area contributed by atoms with E-state index in [1.54, 1.807) is 12.3 Å². The van der Waals surface area contributed by atoms with E-state index in [1.807, 2.05) is 18.2 Å². The molecule has 0 saturated carbocycles. The van der Waals surface area contributed by atoms with Crippen molar-refractivity contribution in [3.8, 4) is 0 Å². The number of anilines is 1. The monoisotopic (exact) mass is 432 g/mol. The molecule has 1 heterocycles. The predicted molar refractivity (Wildman–Crippen MR) is 81.7 cm³/mol. The smallest absolute Gasteiger partial charge is 0.257 e. The van der Waals surface area contributed by atoms with Crippen molar-refractivity contribution in [1.29, 1.82) is 0 Å². The fraction of sp³-hybridized carbons (Fsp3) is 0. The molecule has 2 aromatic rings. The molecule has 1 aromatic heterocycles. The van der Waals surface area contributed by atoms with Crippen LogP contribution in [0.1, 0.15) is 10.4 Å². The average Bonchev–Trinajstić information content (AvgIpc) is 2.34. The Hall–Kier alpha value is -0.720. The molecule has 1 aromatic carbocycles. The molecule has 6 heteroatoms. The molecule has 0 unspecified atom stereocenters. The lowest BCUT2D eigenvalue weighted by Crippen LogP contribution is -2.12. The molecule has 92 valence electrons. The summed E-state index contributed by atoms with van der Waals surface area (Å²) in [6.07, 6.45) is 3.15. The van der Waals surface area contributed by atoms with Gasteiger partial charge in [0.1, 0.15) is 0 Å². The molecule has 0 atom stereocenters. The van der Waals surface area contributed by atoms with Crippen LogP contribution in [0.15, 0.2) is 50.1 Å². The number of amides is 1. The van der Waals surface area contributed by atoms with Gasteiger partial charge in [0.25, 0.3) is 5.91 Å². The first-order valence-electron chi connectivity index (χ1n) is 4.93. The summed E-state index contributed by atoms with van der Waals surface area (Å²) in [5.41, 5.74) is 1.20. The molecule has 2 rings (SSSR count). The summed E-state index contributed by atoms with van der Waals surface area (Å²) < 4.78 is 2.49. The summed E-state index contributed by atoms with van der Waals surface area (Å²) in [6, 6.07) is 7.29. The maximum atomic E-state index is 12.0. The van der Waals surface area contributed by atoms with Crippen molar-refractivity contribution in [2.24, 2.45) is 0 Å². The third kappa shape index (κ3) is 3.40. The molecule has 0 aliphatic carbocycles. The molecule has 0 bridgehead atoms. The van der Waals surface area contributed by atoms with Gasteiger partial charge in [-0.25, -0.2) is 0 Å². The molecular weight excluding hydrogens is 428 g/mol. The summed E-state index contributed by atoms with van der Waals surface area (Å²) in [6.45, 7) is 0. The van der Waals surface area contributed by atoms with Crippen LogP contribution in [0.4, 0.5) is 5.69 Å². The summed E-state index contributed by atoms with van der Waals surface area (Å²) in [4.78, 5) is 16.0. The van der Waals surface area contributed by atoms with E-state index in [-0.39, 0.29) is 5.91 Å². The average molecular weight is 435 g/mol. The van der Waals surface area contributed by atoms with E-state index >= 15 is 0 Å². The van der Waals surface area contributed by atoms with Gasteiger partial charge < -0.3 is 5.32 Å². The number of rotatable bonds is 2. The minimum Gasteiger partial charge on any atom is -0.321 e. The van der Waals surface area contributed by atoms with Crippen molar-refractivity contribution < 1.29 is 4.79 Å². The first-order valence-corrected chi connectivity index (χ1v) is 7.31. The zero-order valence-corrected chi connectivity index (χ0v) is 13.7. The number of carbonyl (C=O) groups excluding carboxylic acids is 1. The molecule has 1 N–H and O–H groups in total. The zero-order chi connectivity index (χ0) is 13.1. The summed E-state index contributed by atoms with van der Waals surface area (Å²) in [5.74, 6) is -0.206. The van der Waals surface area contributed by atoms with Crippen LogP contribution >= 0.6 is 47.8 Å². The van der Waals surface area contributed by atoms with Gasteiger partial charge in [0.05, 0.1) is 11.3 Å². The van der Waals surface area contributed by atoms with Crippen molar-refractivity contribution in [3.05, 3.63) is 55.6 Å². The van der Waals surface area contributed by atoms with Crippen LogP contribution in [0.25, 0.3) is 0 Å². The highest BCUT2D eigenvalue weighted by Gasteiger charge is 2.09. The number of nitrogens with zero attached hydrogens (tertiary/aromatic N) is 1. The van der Waals surface area contributed by atoms with Crippen LogP contribution in [0, 0.1) is 0 Å². The number of benzene rings is 1. The molecule has 18 heavy (non-hydrogen) atoms. The Morgan fingerprint density at radius 2 is 1.83 bits per heavy atom. The number of pyridine rings is 1. The minimum atomic E-state index is -0.206. The van der Waals surface area contributed by atoms with Gasteiger partial charge in [-0.05, 0) is 56.1 Å². The van der Waals surface area contributed by atoms with Gasteiger partial charge in [-0.1, -0.05) is 15.9 Å². The second-order valence-electron chi connectivity index (χ2n) is 3.47. The van der Waals surface area contributed by atoms with Crippen LogP contribution in [0.3, 0.4) is 0 Å². The van der Waals surface area contributed by atoms with Gasteiger partial charge in [-0.2, -0.15) is 0 Å². The molecule has 0 spiro atoms. The van der Waals surface area contributed by atoms with E-state index < -0.39 is 0 Å². The Kier molecular flexibility index (Phi) is 4.53. The second kappa shape index (κ2) is 5.95. The fourth-order valence-corrected chi connectivity index (χ4v) is 2.40. The molecule has 0 saturated heterocycles. The Bertz CT molecular complexity index is 602. The van der Waals surface area contributed by atoms with Crippen molar-refractivity contribution in [2.45, 2.75) is 0 Å². The van der Waals surface area contributed by atoms with Crippen molar-refractivity contribution >= 4 is 59.4 Å². The van der Waals surface area contributed by atoms with E-state index in [2.05, 4.69) is 58.1 Å². The fourth-order valence-electron chi connectivity index (χ4n) is 1.32. The number of carbonyl (C=O) groups is 1. The molecular formula is C12H7Br3N2O.